The van der Waals surface area contributed by atoms with Gasteiger partial charge in [-0.15, -0.1) is 10.2 Å². The van der Waals surface area contributed by atoms with Crippen LogP contribution in [0.15, 0.2) is 42.6 Å². The molecule has 6 heteroatoms. The van der Waals surface area contributed by atoms with Crippen molar-refractivity contribution in [1.29, 1.82) is 0 Å². The number of benzene rings is 1. The van der Waals surface area contributed by atoms with E-state index >= 15 is 0 Å². The number of hydrogen-bond acceptors (Lipinski definition) is 4. The lowest BCUT2D eigenvalue weighted by Crippen LogP contribution is -2.25. The van der Waals surface area contributed by atoms with Crippen LogP contribution in [0.4, 0.5) is 0 Å². The van der Waals surface area contributed by atoms with Crippen LogP contribution >= 0.6 is 0 Å². The summed E-state index contributed by atoms with van der Waals surface area (Å²) in [4.78, 5) is 12.3. The van der Waals surface area contributed by atoms with E-state index in [0.717, 1.165) is 17.9 Å². The summed E-state index contributed by atoms with van der Waals surface area (Å²) in [7, 11) is 1.62. The fourth-order valence-electron chi connectivity index (χ4n) is 2.70. The van der Waals surface area contributed by atoms with Gasteiger partial charge in [-0.25, -0.2) is 0 Å². The van der Waals surface area contributed by atoms with Crippen LogP contribution in [0, 0.1) is 5.92 Å². The summed E-state index contributed by atoms with van der Waals surface area (Å²) < 4.78 is 7.23. The minimum absolute atomic E-state index is 0.0662. The predicted molar refractivity (Wildman–Crippen MR) is 90.0 cm³/mol. The van der Waals surface area contributed by atoms with Crippen LogP contribution in [0.25, 0.3) is 17.0 Å². The Bertz CT molecular complexity index is 899. The molecule has 24 heavy (non-hydrogen) atoms. The Morgan fingerprint density at radius 3 is 2.88 bits per heavy atom. The number of nitrogens with zero attached hydrogens (tertiary/aromatic N) is 3. The molecule has 0 saturated heterocycles. The molecule has 1 aliphatic carbocycles. The van der Waals surface area contributed by atoms with Gasteiger partial charge in [-0.2, -0.15) is 0 Å². The lowest BCUT2D eigenvalue weighted by Gasteiger charge is -2.08. The molecule has 0 atom stereocenters. The molecule has 1 aliphatic rings. The number of methoxy groups -OCH3 is 1. The molecule has 2 heterocycles. The second kappa shape index (κ2) is 5.96. The standard InChI is InChI=1S/C18H18N4O2/c1-24-15-5-3-2-4-14(15)17-21-20-16-9-8-13(11-22(16)17)18(23)19-10-12-6-7-12/h2-5,8-9,11-12H,6-7,10H2,1H3,(H,19,23). The van der Waals surface area contributed by atoms with Crippen molar-refractivity contribution in [3.8, 4) is 17.1 Å². The SMILES string of the molecule is COc1ccccc1-c1nnc2ccc(C(=O)NCC3CC3)cn12. The molecule has 1 N–H and O–H groups in total. The molecule has 2 aromatic heterocycles. The topological polar surface area (TPSA) is 68.5 Å². The quantitative estimate of drug-likeness (QED) is 0.784. The summed E-state index contributed by atoms with van der Waals surface area (Å²) >= 11 is 0. The van der Waals surface area contributed by atoms with Gasteiger partial charge in [-0.3, -0.25) is 9.20 Å². The summed E-state index contributed by atoms with van der Waals surface area (Å²) in [5.74, 6) is 1.95. The van der Waals surface area contributed by atoms with E-state index in [1.807, 2.05) is 28.7 Å². The van der Waals surface area contributed by atoms with Crippen LogP contribution in [-0.2, 0) is 0 Å². The molecule has 6 nitrogen and oxygen atoms in total. The van der Waals surface area contributed by atoms with Crippen molar-refractivity contribution >= 4 is 11.6 Å². The molecular formula is C18H18N4O2. The molecular weight excluding hydrogens is 304 g/mol. The van der Waals surface area contributed by atoms with Crippen molar-refractivity contribution < 1.29 is 9.53 Å². The highest BCUT2D eigenvalue weighted by Gasteiger charge is 2.22. The minimum atomic E-state index is -0.0662. The third-order valence-corrected chi connectivity index (χ3v) is 4.26. The molecule has 4 rings (SSSR count). The molecule has 0 radical (unpaired) electrons. The van der Waals surface area contributed by atoms with Gasteiger partial charge in [0.05, 0.1) is 18.2 Å². The number of rotatable bonds is 5. The van der Waals surface area contributed by atoms with E-state index in [-0.39, 0.29) is 5.91 Å². The first-order valence-electron chi connectivity index (χ1n) is 8.02. The zero-order valence-electron chi connectivity index (χ0n) is 13.4. The zero-order chi connectivity index (χ0) is 16.5. The van der Waals surface area contributed by atoms with Crippen LogP contribution in [-0.4, -0.2) is 34.2 Å². The number of carbonyl (C=O) groups excluding carboxylic acids is 1. The maximum atomic E-state index is 12.3. The maximum Gasteiger partial charge on any atom is 0.252 e. The second-order valence-electron chi connectivity index (χ2n) is 6.02. The van der Waals surface area contributed by atoms with E-state index in [1.165, 1.54) is 12.8 Å². The number of fused-ring (bicyclic) bond motifs is 1. The average molecular weight is 322 g/mol. The van der Waals surface area contributed by atoms with Gasteiger partial charge in [0.25, 0.3) is 5.91 Å². The van der Waals surface area contributed by atoms with Gasteiger partial charge in [-0.05, 0) is 43.0 Å². The van der Waals surface area contributed by atoms with Crippen LogP contribution in [0.5, 0.6) is 5.75 Å². The number of hydrogen-bond donors (Lipinski definition) is 1. The van der Waals surface area contributed by atoms with Gasteiger partial charge in [0.2, 0.25) is 0 Å². The molecule has 0 aliphatic heterocycles. The van der Waals surface area contributed by atoms with E-state index in [2.05, 4.69) is 15.5 Å². The van der Waals surface area contributed by atoms with Crippen molar-refractivity contribution in [2.75, 3.05) is 13.7 Å². The molecule has 1 amide bonds. The van der Waals surface area contributed by atoms with Crippen molar-refractivity contribution in [1.82, 2.24) is 19.9 Å². The van der Waals surface area contributed by atoms with Crippen molar-refractivity contribution in [2.45, 2.75) is 12.8 Å². The molecule has 0 spiro atoms. The van der Waals surface area contributed by atoms with Gasteiger partial charge in [-0.1, -0.05) is 12.1 Å². The lowest BCUT2D eigenvalue weighted by molar-refractivity contribution is 0.0951. The molecule has 3 aromatic rings. The molecule has 0 bridgehead atoms. The predicted octanol–water partition coefficient (Wildman–Crippen LogP) is 2.54. The van der Waals surface area contributed by atoms with Crippen molar-refractivity contribution in [2.24, 2.45) is 5.92 Å². The summed E-state index contributed by atoms with van der Waals surface area (Å²) in [6, 6.07) is 11.2. The van der Waals surface area contributed by atoms with E-state index < -0.39 is 0 Å². The van der Waals surface area contributed by atoms with Crippen molar-refractivity contribution in [3.63, 3.8) is 0 Å². The second-order valence-corrected chi connectivity index (χ2v) is 6.02. The highest BCUT2D eigenvalue weighted by Crippen LogP contribution is 2.29. The van der Waals surface area contributed by atoms with Crippen molar-refractivity contribution in [3.05, 3.63) is 48.2 Å². The van der Waals surface area contributed by atoms with Gasteiger partial charge in [0.15, 0.2) is 11.5 Å². The van der Waals surface area contributed by atoms with E-state index in [1.54, 1.807) is 25.4 Å². The number of para-hydroxylation sites is 1. The number of aromatic nitrogens is 3. The number of amides is 1. The lowest BCUT2D eigenvalue weighted by atomic mass is 10.2. The van der Waals surface area contributed by atoms with Gasteiger partial charge in [0, 0.05) is 12.7 Å². The monoisotopic (exact) mass is 322 g/mol. The Morgan fingerprint density at radius 1 is 1.25 bits per heavy atom. The first-order chi connectivity index (χ1) is 11.8. The third kappa shape index (κ3) is 2.71. The molecule has 1 aromatic carbocycles. The smallest absolute Gasteiger partial charge is 0.252 e. The molecule has 0 unspecified atom stereocenters. The Hall–Kier alpha value is -2.89. The Labute approximate surface area is 139 Å². The van der Waals surface area contributed by atoms with Gasteiger partial charge < -0.3 is 10.1 Å². The number of ether oxygens (including phenoxy) is 1. The third-order valence-electron chi connectivity index (χ3n) is 4.26. The summed E-state index contributed by atoms with van der Waals surface area (Å²) in [6.07, 6.45) is 4.20. The first-order valence-corrected chi connectivity index (χ1v) is 8.02. The number of pyridine rings is 1. The van der Waals surface area contributed by atoms with Crippen LogP contribution < -0.4 is 10.1 Å². The summed E-state index contributed by atoms with van der Waals surface area (Å²) in [6.45, 7) is 0.748. The largest absolute Gasteiger partial charge is 0.496 e. The minimum Gasteiger partial charge on any atom is -0.496 e. The highest BCUT2D eigenvalue weighted by atomic mass is 16.5. The Kier molecular flexibility index (Phi) is 3.65. The maximum absolute atomic E-state index is 12.3. The molecule has 1 saturated carbocycles. The number of carbonyl (C=O) groups is 1. The normalized spacial score (nSPS) is 13.9. The van der Waals surface area contributed by atoms with Gasteiger partial charge >= 0.3 is 0 Å². The highest BCUT2D eigenvalue weighted by molar-refractivity contribution is 5.94. The molecule has 1 fully saturated rings. The molecule has 122 valence electrons. The van der Waals surface area contributed by atoms with E-state index in [0.29, 0.717) is 23.0 Å². The Balaban J connectivity index is 1.71. The number of nitrogens with one attached hydrogen (secondary N) is 1. The Morgan fingerprint density at radius 2 is 2.08 bits per heavy atom. The average Bonchev–Trinajstić information content (AvgIpc) is 3.37. The fourth-order valence-corrected chi connectivity index (χ4v) is 2.70. The first kappa shape index (κ1) is 14.7. The van der Waals surface area contributed by atoms with Crippen LogP contribution in [0.2, 0.25) is 0 Å². The zero-order valence-corrected chi connectivity index (χ0v) is 13.4. The van der Waals surface area contributed by atoms with E-state index in [4.69, 9.17) is 4.74 Å². The summed E-state index contributed by atoms with van der Waals surface area (Å²) in [5.41, 5.74) is 2.12. The van der Waals surface area contributed by atoms with Crippen LogP contribution in [0.1, 0.15) is 23.2 Å². The summed E-state index contributed by atoms with van der Waals surface area (Å²) in [5, 5.41) is 11.4. The van der Waals surface area contributed by atoms with Gasteiger partial charge in [0.1, 0.15) is 5.75 Å². The van der Waals surface area contributed by atoms with E-state index in [9.17, 15) is 4.79 Å². The fraction of sp³-hybridized carbons (Fsp3) is 0.278. The van der Waals surface area contributed by atoms with Crippen LogP contribution in [0.3, 0.4) is 0 Å².